The number of benzene rings is 1. The molecule has 0 spiro atoms. The van der Waals surface area contributed by atoms with Crippen LogP contribution in [0.3, 0.4) is 0 Å². The average Bonchev–Trinajstić information content (AvgIpc) is 2.33. The minimum Gasteiger partial charge on any atom is -0.480 e. The summed E-state index contributed by atoms with van der Waals surface area (Å²) < 4.78 is 0. The third-order valence-electron chi connectivity index (χ3n) is 2.58. The minimum atomic E-state index is -1.04. The standard InChI is InChI=1S/C13H16ClNO3S/c1-8-3-4-9(10(14)7-8)12(16)15-11(13(17)18)5-6-19-2/h3-4,7,11H,5-6H2,1-2H3,(H,15,16)(H,17,18)/t11-/m0/s1. The van der Waals surface area contributed by atoms with E-state index in [1.165, 1.54) is 11.8 Å². The molecule has 1 aromatic carbocycles. The van der Waals surface area contributed by atoms with Crippen molar-refractivity contribution in [2.45, 2.75) is 19.4 Å². The van der Waals surface area contributed by atoms with Gasteiger partial charge < -0.3 is 10.4 Å². The van der Waals surface area contributed by atoms with Crippen molar-refractivity contribution in [3.05, 3.63) is 34.3 Å². The van der Waals surface area contributed by atoms with Gasteiger partial charge >= 0.3 is 5.97 Å². The SMILES string of the molecule is CSCC[C@H](NC(=O)c1ccc(C)cc1Cl)C(=O)O. The molecule has 0 saturated carbocycles. The molecular formula is C13H16ClNO3S. The van der Waals surface area contributed by atoms with E-state index in [1.54, 1.807) is 18.2 Å². The third-order valence-corrected chi connectivity index (χ3v) is 3.54. The maximum Gasteiger partial charge on any atom is 0.326 e. The normalized spacial score (nSPS) is 11.9. The summed E-state index contributed by atoms with van der Waals surface area (Å²) in [5.41, 5.74) is 1.24. The van der Waals surface area contributed by atoms with E-state index >= 15 is 0 Å². The predicted octanol–water partition coefficient (Wildman–Crippen LogP) is 2.58. The molecule has 0 aromatic heterocycles. The van der Waals surface area contributed by atoms with Crippen molar-refractivity contribution < 1.29 is 14.7 Å². The molecule has 0 unspecified atom stereocenters. The van der Waals surface area contributed by atoms with E-state index in [9.17, 15) is 9.59 Å². The fraction of sp³-hybridized carbons (Fsp3) is 0.385. The van der Waals surface area contributed by atoms with Crippen LogP contribution in [-0.4, -0.2) is 35.0 Å². The Labute approximate surface area is 121 Å². The summed E-state index contributed by atoms with van der Waals surface area (Å²) in [7, 11) is 0. The molecular weight excluding hydrogens is 286 g/mol. The van der Waals surface area contributed by atoms with Gasteiger partial charge in [0, 0.05) is 0 Å². The molecule has 1 amide bonds. The number of hydrogen-bond donors (Lipinski definition) is 2. The van der Waals surface area contributed by atoms with Crippen LogP contribution in [0.15, 0.2) is 18.2 Å². The Kier molecular flexibility index (Phi) is 6.18. The zero-order valence-corrected chi connectivity index (χ0v) is 12.3. The number of carbonyl (C=O) groups is 2. The topological polar surface area (TPSA) is 66.4 Å². The number of carboxylic acid groups (broad SMARTS) is 1. The second-order valence-corrected chi connectivity index (χ2v) is 5.52. The summed E-state index contributed by atoms with van der Waals surface area (Å²) in [6.07, 6.45) is 2.27. The molecule has 104 valence electrons. The first kappa shape index (κ1) is 15.9. The second kappa shape index (κ2) is 7.40. The van der Waals surface area contributed by atoms with Gasteiger partial charge in [-0.1, -0.05) is 17.7 Å². The quantitative estimate of drug-likeness (QED) is 0.847. The van der Waals surface area contributed by atoms with Crippen LogP contribution in [-0.2, 0) is 4.79 Å². The van der Waals surface area contributed by atoms with Gasteiger partial charge in [0.05, 0.1) is 10.6 Å². The average molecular weight is 302 g/mol. The second-order valence-electron chi connectivity index (χ2n) is 4.13. The van der Waals surface area contributed by atoms with Gasteiger partial charge in [-0.2, -0.15) is 11.8 Å². The molecule has 0 saturated heterocycles. The van der Waals surface area contributed by atoms with Gasteiger partial charge in [0.25, 0.3) is 5.91 Å². The van der Waals surface area contributed by atoms with Crippen LogP contribution in [0.1, 0.15) is 22.3 Å². The lowest BCUT2D eigenvalue weighted by molar-refractivity contribution is -0.139. The number of aryl methyl sites for hydroxylation is 1. The van der Waals surface area contributed by atoms with Crippen LogP contribution >= 0.6 is 23.4 Å². The smallest absolute Gasteiger partial charge is 0.326 e. The van der Waals surface area contributed by atoms with Gasteiger partial charge in [0.15, 0.2) is 0 Å². The van der Waals surface area contributed by atoms with E-state index in [0.717, 1.165) is 5.56 Å². The van der Waals surface area contributed by atoms with Crippen LogP contribution in [0.4, 0.5) is 0 Å². The third kappa shape index (κ3) is 4.76. The molecule has 6 heteroatoms. The van der Waals surface area contributed by atoms with Gasteiger partial charge in [-0.25, -0.2) is 4.79 Å². The molecule has 0 radical (unpaired) electrons. The summed E-state index contributed by atoms with van der Waals surface area (Å²) in [6.45, 7) is 1.87. The first-order chi connectivity index (χ1) is 8.95. The number of amides is 1. The van der Waals surface area contributed by atoms with Gasteiger partial charge in [-0.3, -0.25) is 4.79 Å². The maximum atomic E-state index is 12.0. The summed E-state index contributed by atoms with van der Waals surface area (Å²) in [6, 6.07) is 4.14. The summed E-state index contributed by atoms with van der Waals surface area (Å²) in [5.74, 6) is -0.831. The van der Waals surface area contributed by atoms with Crippen molar-refractivity contribution in [3.63, 3.8) is 0 Å². The first-order valence-electron chi connectivity index (χ1n) is 5.74. The molecule has 1 rings (SSSR count). The molecule has 4 nitrogen and oxygen atoms in total. The number of carboxylic acids is 1. The van der Waals surface area contributed by atoms with Crippen molar-refractivity contribution in [2.24, 2.45) is 0 Å². The molecule has 1 atom stereocenters. The van der Waals surface area contributed by atoms with E-state index in [-0.39, 0.29) is 0 Å². The first-order valence-corrected chi connectivity index (χ1v) is 7.51. The monoisotopic (exact) mass is 301 g/mol. The Morgan fingerprint density at radius 3 is 2.68 bits per heavy atom. The number of halogens is 1. The van der Waals surface area contributed by atoms with E-state index in [1.807, 2.05) is 13.2 Å². The summed E-state index contributed by atoms with van der Waals surface area (Å²) >= 11 is 7.51. The number of carbonyl (C=O) groups excluding carboxylic acids is 1. The zero-order chi connectivity index (χ0) is 14.4. The number of aliphatic carboxylic acids is 1. The molecule has 0 aliphatic carbocycles. The number of thioether (sulfide) groups is 1. The van der Waals surface area contributed by atoms with Gasteiger partial charge in [0.2, 0.25) is 0 Å². The minimum absolute atomic E-state index is 0.294. The van der Waals surface area contributed by atoms with Crippen LogP contribution in [0.25, 0.3) is 0 Å². The van der Waals surface area contributed by atoms with E-state index in [4.69, 9.17) is 16.7 Å². The number of rotatable bonds is 6. The highest BCUT2D eigenvalue weighted by molar-refractivity contribution is 7.98. The fourth-order valence-electron chi connectivity index (χ4n) is 1.53. The Bertz CT molecular complexity index is 479. The van der Waals surface area contributed by atoms with Crippen LogP contribution in [0, 0.1) is 6.92 Å². The molecule has 19 heavy (non-hydrogen) atoms. The Morgan fingerprint density at radius 2 is 2.16 bits per heavy atom. The van der Waals surface area contributed by atoms with Gasteiger partial charge in [0.1, 0.15) is 6.04 Å². The molecule has 0 aliphatic heterocycles. The predicted molar refractivity (Wildman–Crippen MR) is 78.1 cm³/mol. The van der Waals surface area contributed by atoms with Crippen LogP contribution in [0.5, 0.6) is 0 Å². The molecule has 0 heterocycles. The highest BCUT2D eigenvalue weighted by Crippen LogP contribution is 2.17. The lowest BCUT2D eigenvalue weighted by Gasteiger charge is -2.14. The maximum absolute atomic E-state index is 12.0. The number of hydrogen-bond acceptors (Lipinski definition) is 3. The summed E-state index contributed by atoms with van der Waals surface area (Å²) in [5, 5.41) is 11.9. The summed E-state index contributed by atoms with van der Waals surface area (Å²) in [4.78, 5) is 23.0. The molecule has 0 aliphatic rings. The fourth-order valence-corrected chi connectivity index (χ4v) is 2.33. The molecule has 1 aromatic rings. The van der Waals surface area contributed by atoms with Crippen molar-refractivity contribution >= 4 is 35.2 Å². The Balaban J connectivity index is 2.78. The lowest BCUT2D eigenvalue weighted by Crippen LogP contribution is -2.41. The molecule has 0 bridgehead atoms. The van der Waals surface area contributed by atoms with Gasteiger partial charge in [-0.15, -0.1) is 0 Å². The van der Waals surface area contributed by atoms with E-state index in [0.29, 0.717) is 22.8 Å². The Hall–Kier alpha value is -1.20. The van der Waals surface area contributed by atoms with Crippen LogP contribution in [0.2, 0.25) is 5.02 Å². The molecule has 2 N–H and O–H groups in total. The van der Waals surface area contributed by atoms with Crippen molar-refractivity contribution in [2.75, 3.05) is 12.0 Å². The lowest BCUT2D eigenvalue weighted by atomic mass is 10.1. The van der Waals surface area contributed by atoms with Gasteiger partial charge in [-0.05, 0) is 43.0 Å². The Morgan fingerprint density at radius 1 is 1.47 bits per heavy atom. The zero-order valence-electron chi connectivity index (χ0n) is 10.8. The van der Waals surface area contributed by atoms with Crippen LogP contribution < -0.4 is 5.32 Å². The van der Waals surface area contributed by atoms with Crippen molar-refractivity contribution in [1.82, 2.24) is 5.32 Å². The van der Waals surface area contributed by atoms with Crippen molar-refractivity contribution in [1.29, 1.82) is 0 Å². The highest BCUT2D eigenvalue weighted by atomic mass is 35.5. The molecule has 0 fully saturated rings. The number of nitrogens with one attached hydrogen (secondary N) is 1. The largest absolute Gasteiger partial charge is 0.480 e. The highest BCUT2D eigenvalue weighted by Gasteiger charge is 2.21. The van der Waals surface area contributed by atoms with Crippen molar-refractivity contribution in [3.8, 4) is 0 Å². The van der Waals surface area contributed by atoms with E-state index < -0.39 is 17.9 Å². The van der Waals surface area contributed by atoms with E-state index in [2.05, 4.69) is 5.32 Å².